The molecule has 9 heteroatoms. The Balaban J connectivity index is 1.56. The molecular formula is C21H23N4O5+. The highest BCUT2D eigenvalue weighted by Crippen LogP contribution is 2.29. The molecule has 4 rings (SSSR count). The van der Waals surface area contributed by atoms with Crippen molar-refractivity contribution < 1.29 is 23.3 Å². The van der Waals surface area contributed by atoms with Crippen LogP contribution in [0.25, 0.3) is 22.4 Å². The minimum Gasteiger partial charge on any atom is -0.493 e. The van der Waals surface area contributed by atoms with Gasteiger partial charge in [-0.25, -0.2) is 4.98 Å². The minimum absolute atomic E-state index is 0.215. The maximum absolute atomic E-state index is 12.6. The normalized spacial score (nSPS) is 12.2. The van der Waals surface area contributed by atoms with Gasteiger partial charge >= 0.3 is 0 Å². The molecule has 0 aliphatic rings. The molecule has 3 heterocycles. The first-order valence-corrected chi connectivity index (χ1v) is 9.59. The molecule has 9 nitrogen and oxygen atoms in total. The number of nitrogens with zero attached hydrogens (tertiary/aromatic N) is 2. The first-order chi connectivity index (χ1) is 14.6. The fourth-order valence-electron chi connectivity index (χ4n) is 3.33. The van der Waals surface area contributed by atoms with E-state index in [0.29, 0.717) is 52.8 Å². The SMILES string of the molecule is CC[NH+](Cc1cc(-c2ccco2)on1)Cc1nc2cc(OC)c(OC)cc2c(=O)[nH]1. The smallest absolute Gasteiger partial charge is 0.259 e. The van der Waals surface area contributed by atoms with Gasteiger partial charge in [0, 0.05) is 12.1 Å². The predicted molar refractivity (Wildman–Crippen MR) is 109 cm³/mol. The molecule has 0 amide bonds. The molecule has 0 bridgehead atoms. The summed E-state index contributed by atoms with van der Waals surface area (Å²) >= 11 is 0. The van der Waals surface area contributed by atoms with Crippen molar-refractivity contribution in [2.45, 2.75) is 20.0 Å². The van der Waals surface area contributed by atoms with Gasteiger partial charge in [0.2, 0.25) is 5.76 Å². The Morgan fingerprint density at radius 2 is 1.90 bits per heavy atom. The molecule has 2 N–H and O–H groups in total. The number of H-pyrrole nitrogens is 1. The number of rotatable bonds is 8. The maximum Gasteiger partial charge on any atom is 0.259 e. The molecule has 1 unspecified atom stereocenters. The number of fused-ring (bicyclic) bond motifs is 1. The second kappa shape index (κ2) is 8.42. The van der Waals surface area contributed by atoms with Crippen LogP contribution < -0.4 is 19.9 Å². The summed E-state index contributed by atoms with van der Waals surface area (Å²) in [4.78, 5) is 21.3. The van der Waals surface area contributed by atoms with E-state index in [1.807, 2.05) is 12.1 Å². The van der Waals surface area contributed by atoms with E-state index >= 15 is 0 Å². The van der Waals surface area contributed by atoms with Crippen LogP contribution in [-0.2, 0) is 13.1 Å². The van der Waals surface area contributed by atoms with Crippen molar-refractivity contribution >= 4 is 10.9 Å². The van der Waals surface area contributed by atoms with Gasteiger partial charge in [0.15, 0.2) is 23.1 Å². The van der Waals surface area contributed by atoms with Crippen molar-refractivity contribution in [2.75, 3.05) is 20.8 Å². The lowest BCUT2D eigenvalue weighted by Gasteiger charge is -2.16. The van der Waals surface area contributed by atoms with E-state index in [-0.39, 0.29) is 5.56 Å². The molecule has 0 fully saturated rings. The van der Waals surface area contributed by atoms with E-state index in [0.717, 1.165) is 17.1 Å². The van der Waals surface area contributed by atoms with Crippen molar-refractivity contribution in [1.29, 1.82) is 0 Å². The Morgan fingerprint density at radius 3 is 2.60 bits per heavy atom. The van der Waals surface area contributed by atoms with Gasteiger partial charge in [-0.05, 0) is 25.1 Å². The van der Waals surface area contributed by atoms with Gasteiger partial charge in [0.1, 0.15) is 18.8 Å². The van der Waals surface area contributed by atoms with Crippen LogP contribution in [0, 0.1) is 0 Å². The molecule has 0 aliphatic carbocycles. The zero-order chi connectivity index (χ0) is 21.1. The van der Waals surface area contributed by atoms with Crippen molar-refractivity contribution in [2.24, 2.45) is 0 Å². The highest BCUT2D eigenvalue weighted by molar-refractivity contribution is 5.81. The zero-order valence-corrected chi connectivity index (χ0v) is 17.0. The molecule has 0 saturated heterocycles. The van der Waals surface area contributed by atoms with Crippen LogP contribution in [-0.4, -0.2) is 35.9 Å². The number of quaternary nitrogens is 1. The third kappa shape index (κ3) is 3.92. The summed E-state index contributed by atoms with van der Waals surface area (Å²) in [7, 11) is 3.08. The third-order valence-corrected chi connectivity index (χ3v) is 4.93. The standard InChI is InChI=1S/C21H22N4O5/c1-4-25(11-13-8-19(30-24-13)16-6-5-7-29-16)12-20-22-15-10-18(28-3)17(27-2)9-14(15)21(26)23-20/h5-10H,4,11-12H2,1-3H3,(H,22,23,26)/p+1. The molecule has 0 spiro atoms. The minimum atomic E-state index is -0.215. The van der Waals surface area contributed by atoms with E-state index < -0.39 is 0 Å². The molecule has 1 aromatic carbocycles. The Hall–Kier alpha value is -3.59. The average Bonchev–Trinajstić information content (AvgIpc) is 3.44. The predicted octanol–water partition coefficient (Wildman–Crippen LogP) is 1.79. The number of aromatic amines is 1. The number of methoxy groups -OCH3 is 2. The molecule has 0 radical (unpaired) electrons. The highest BCUT2D eigenvalue weighted by atomic mass is 16.5. The van der Waals surface area contributed by atoms with Gasteiger partial charge in [0.25, 0.3) is 5.56 Å². The van der Waals surface area contributed by atoms with Crippen molar-refractivity contribution in [3.63, 3.8) is 0 Å². The quantitative estimate of drug-likeness (QED) is 0.455. The van der Waals surface area contributed by atoms with Crippen LogP contribution in [0.3, 0.4) is 0 Å². The van der Waals surface area contributed by atoms with Crippen LogP contribution in [0.4, 0.5) is 0 Å². The van der Waals surface area contributed by atoms with E-state index in [4.69, 9.17) is 18.4 Å². The van der Waals surface area contributed by atoms with E-state index in [9.17, 15) is 4.79 Å². The monoisotopic (exact) mass is 411 g/mol. The number of hydrogen-bond acceptors (Lipinski definition) is 7. The maximum atomic E-state index is 12.6. The summed E-state index contributed by atoms with van der Waals surface area (Å²) in [6.07, 6.45) is 1.59. The number of aromatic nitrogens is 3. The lowest BCUT2D eigenvalue weighted by molar-refractivity contribution is -0.926. The summed E-state index contributed by atoms with van der Waals surface area (Å²) in [5.41, 5.74) is 1.14. The molecule has 0 aliphatic heterocycles. The molecule has 4 aromatic rings. The van der Waals surface area contributed by atoms with Crippen molar-refractivity contribution in [3.8, 4) is 23.0 Å². The molecule has 3 aromatic heterocycles. The number of hydrogen-bond donors (Lipinski definition) is 2. The van der Waals surface area contributed by atoms with Crippen LogP contribution in [0.2, 0.25) is 0 Å². The molecule has 1 atom stereocenters. The van der Waals surface area contributed by atoms with Crippen molar-refractivity contribution in [3.05, 3.63) is 58.5 Å². The van der Waals surface area contributed by atoms with E-state index in [1.54, 1.807) is 31.6 Å². The molecule has 30 heavy (non-hydrogen) atoms. The van der Waals surface area contributed by atoms with Crippen LogP contribution >= 0.6 is 0 Å². The first-order valence-electron chi connectivity index (χ1n) is 9.59. The lowest BCUT2D eigenvalue weighted by Crippen LogP contribution is -3.09. The fourth-order valence-corrected chi connectivity index (χ4v) is 3.33. The number of ether oxygens (including phenoxy) is 2. The van der Waals surface area contributed by atoms with Gasteiger partial charge in [-0.1, -0.05) is 5.16 Å². The van der Waals surface area contributed by atoms with Gasteiger partial charge in [-0.15, -0.1) is 0 Å². The Morgan fingerprint density at radius 1 is 1.10 bits per heavy atom. The molecular weight excluding hydrogens is 388 g/mol. The number of benzene rings is 1. The third-order valence-electron chi connectivity index (χ3n) is 4.93. The van der Waals surface area contributed by atoms with E-state index in [1.165, 1.54) is 7.11 Å². The lowest BCUT2D eigenvalue weighted by atomic mass is 10.2. The number of furan rings is 1. The summed E-state index contributed by atoms with van der Waals surface area (Å²) in [6.45, 7) is 4.03. The van der Waals surface area contributed by atoms with Gasteiger partial charge in [0.05, 0.1) is 37.9 Å². The first kappa shape index (κ1) is 19.7. The van der Waals surface area contributed by atoms with Crippen LogP contribution in [0.1, 0.15) is 18.4 Å². The zero-order valence-electron chi connectivity index (χ0n) is 17.0. The Labute approximate surface area is 172 Å². The second-order valence-corrected chi connectivity index (χ2v) is 6.85. The summed E-state index contributed by atoms with van der Waals surface area (Å²) in [6, 6.07) is 8.84. The largest absolute Gasteiger partial charge is 0.493 e. The van der Waals surface area contributed by atoms with Gasteiger partial charge in [-0.3, -0.25) is 4.79 Å². The van der Waals surface area contributed by atoms with Gasteiger partial charge in [-0.2, -0.15) is 0 Å². The van der Waals surface area contributed by atoms with E-state index in [2.05, 4.69) is 22.0 Å². The number of nitrogens with one attached hydrogen (secondary N) is 2. The Kier molecular flexibility index (Phi) is 5.53. The summed E-state index contributed by atoms with van der Waals surface area (Å²) in [5, 5.41) is 4.59. The average molecular weight is 411 g/mol. The second-order valence-electron chi connectivity index (χ2n) is 6.85. The summed E-state index contributed by atoms with van der Waals surface area (Å²) in [5.74, 6) is 2.83. The van der Waals surface area contributed by atoms with Crippen LogP contribution in [0.5, 0.6) is 11.5 Å². The topological polar surface area (TPSA) is 108 Å². The molecule has 156 valence electrons. The molecule has 0 saturated carbocycles. The van der Waals surface area contributed by atoms with Crippen molar-refractivity contribution in [1.82, 2.24) is 15.1 Å². The highest BCUT2D eigenvalue weighted by Gasteiger charge is 2.17. The Bertz CT molecular complexity index is 1200. The van der Waals surface area contributed by atoms with Gasteiger partial charge < -0.3 is 28.3 Å². The summed E-state index contributed by atoms with van der Waals surface area (Å²) < 4.78 is 21.3. The van der Waals surface area contributed by atoms with Crippen LogP contribution in [0.15, 0.2) is 50.3 Å². The fraction of sp³-hybridized carbons (Fsp3) is 0.286.